The molecule has 2 aliphatic rings. The Hall–Kier alpha value is -2.86. The number of morpholine rings is 1. The molecule has 0 spiro atoms. The Kier molecular flexibility index (Phi) is 4.58. The van der Waals surface area contributed by atoms with Crippen molar-refractivity contribution in [2.75, 3.05) is 31.2 Å². The number of rotatable bonds is 4. The number of aromatic carboxylic acids is 1. The molecule has 26 heavy (non-hydrogen) atoms. The lowest BCUT2D eigenvalue weighted by Crippen LogP contribution is -2.36. The van der Waals surface area contributed by atoms with Crippen molar-refractivity contribution < 1.29 is 14.6 Å². The van der Waals surface area contributed by atoms with Crippen LogP contribution in [0.3, 0.4) is 0 Å². The lowest BCUT2D eigenvalue weighted by atomic mass is 9.95. The van der Waals surface area contributed by atoms with Crippen molar-refractivity contribution >= 4 is 11.7 Å². The number of imidazole rings is 1. The Morgan fingerprint density at radius 2 is 2.00 bits per heavy atom. The predicted molar refractivity (Wildman–Crippen MR) is 99.2 cm³/mol. The van der Waals surface area contributed by atoms with Crippen molar-refractivity contribution in [1.29, 1.82) is 0 Å². The summed E-state index contributed by atoms with van der Waals surface area (Å²) < 4.78 is 7.33. The normalized spacial score (nSPS) is 19.7. The molecular formula is C20H21N3O3. The topological polar surface area (TPSA) is 67.6 Å². The van der Waals surface area contributed by atoms with Crippen molar-refractivity contribution in [2.45, 2.75) is 12.3 Å². The third-order valence-corrected chi connectivity index (χ3v) is 4.82. The van der Waals surface area contributed by atoms with E-state index in [4.69, 9.17) is 4.74 Å². The minimum Gasteiger partial charge on any atom is -0.476 e. The highest BCUT2D eigenvalue weighted by Gasteiger charge is 2.24. The minimum atomic E-state index is -0.994. The maximum absolute atomic E-state index is 11.7. The van der Waals surface area contributed by atoms with E-state index in [2.05, 4.69) is 28.1 Å². The first-order chi connectivity index (χ1) is 12.7. The van der Waals surface area contributed by atoms with Gasteiger partial charge in [-0.2, -0.15) is 0 Å². The van der Waals surface area contributed by atoms with Crippen LogP contribution in [0.15, 0.2) is 54.9 Å². The van der Waals surface area contributed by atoms with Crippen molar-refractivity contribution in [1.82, 2.24) is 9.55 Å². The van der Waals surface area contributed by atoms with Crippen LogP contribution in [0.2, 0.25) is 0 Å². The van der Waals surface area contributed by atoms with Gasteiger partial charge in [-0.25, -0.2) is 9.78 Å². The number of hydrogen-bond donors (Lipinski definition) is 1. The summed E-state index contributed by atoms with van der Waals surface area (Å²) in [5, 5.41) is 9.57. The Morgan fingerprint density at radius 3 is 2.73 bits per heavy atom. The molecule has 1 aliphatic carbocycles. The molecule has 1 unspecified atom stereocenters. The third-order valence-electron chi connectivity index (χ3n) is 4.82. The van der Waals surface area contributed by atoms with Gasteiger partial charge in [-0.3, -0.25) is 0 Å². The maximum atomic E-state index is 11.7. The summed E-state index contributed by atoms with van der Waals surface area (Å²) in [4.78, 5) is 18.1. The molecule has 1 saturated heterocycles. The summed E-state index contributed by atoms with van der Waals surface area (Å²) in [6, 6.07) is 8.15. The number of aromatic nitrogens is 2. The minimum absolute atomic E-state index is 0.000595. The quantitative estimate of drug-likeness (QED) is 0.917. The zero-order valence-corrected chi connectivity index (χ0v) is 14.4. The summed E-state index contributed by atoms with van der Waals surface area (Å²) in [5.41, 5.74) is 2.87. The van der Waals surface area contributed by atoms with Gasteiger partial charge < -0.3 is 19.3 Å². The van der Waals surface area contributed by atoms with E-state index in [-0.39, 0.29) is 11.6 Å². The van der Waals surface area contributed by atoms with Gasteiger partial charge in [-0.05, 0) is 24.6 Å². The van der Waals surface area contributed by atoms with Gasteiger partial charge in [0.05, 0.1) is 18.9 Å². The van der Waals surface area contributed by atoms with Crippen LogP contribution in [0.4, 0.5) is 5.69 Å². The summed E-state index contributed by atoms with van der Waals surface area (Å²) >= 11 is 0. The fourth-order valence-corrected chi connectivity index (χ4v) is 3.53. The Balaban J connectivity index is 1.74. The van der Waals surface area contributed by atoms with Gasteiger partial charge in [0.2, 0.25) is 0 Å². The SMILES string of the molecule is O=C(O)c1ncn(-c2cccc(N3CCOCC3)c2)c1C1C=CC=CC1. The summed E-state index contributed by atoms with van der Waals surface area (Å²) in [6.45, 7) is 3.17. The number of nitrogens with zero attached hydrogens (tertiary/aromatic N) is 3. The Labute approximate surface area is 152 Å². The molecule has 4 rings (SSSR count). The smallest absolute Gasteiger partial charge is 0.356 e. The van der Waals surface area contributed by atoms with E-state index >= 15 is 0 Å². The lowest BCUT2D eigenvalue weighted by Gasteiger charge is -2.29. The predicted octanol–water partition coefficient (Wildman–Crippen LogP) is 3.01. The molecule has 1 aromatic carbocycles. The van der Waals surface area contributed by atoms with Gasteiger partial charge in [-0.15, -0.1) is 0 Å². The van der Waals surface area contributed by atoms with Crippen LogP contribution in [0, 0.1) is 0 Å². The van der Waals surface area contributed by atoms with Crippen LogP contribution >= 0.6 is 0 Å². The van der Waals surface area contributed by atoms with Crippen molar-refractivity contribution in [3.8, 4) is 5.69 Å². The van der Waals surface area contributed by atoms with E-state index in [1.165, 1.54) is 0 Å². The monoisotopic (exact) mass is 351 g/mol. The lowest BCUT2D eigenvalue weighted by molar-refractivity contribution is 0.0689. The first-order valence-corrected chi connectivity index (χ1v) is 8.81. The van der Waals surface area contributed by atoms with E-state index < -0.39 is 5.97 Å². The first kappa shape index (κ1) is 16.6. The van der Waals surface area contributed by atoms with Gasteiger partial charge >= 0.3 is 5.97 Å². The summed E-state index contributed by atoms with van der Waals surface area (Å²) in [7, 11) is 0. The number of carboxylic acid groups (broad SMARTS) is 1. The zero-order chi connectivity index (χ0) is 17.9. The van der Waals surface area contributed by atoms with Crippen molar-refractivity contribution in [2.24, 2.45) is 0 Å². The highest BCUT2D eigenvalue weighted by molar-refractivity contribution is 5.87. The molecule has 2 heterocycles. The van der Waals surface area contributed by atoms with Crippen LogP contribution in [-0.2, 0) is 4.74 Å². The molecular weight excluding hydrogens is 330 g/mol. The van der Waals surface area contributed by atoms with Crippen molar-refractivity contribution in [3.63, 3.8) is 0 Å². The maximum Gasteiger partial charge on any atom is 0.356 e. The van der Waals surface area contributed by atoms with E-state index in [1.54, 1.807) is 6.33 Å². The molecule has 0 amide bonds. The van der Waals surface area contributed by atoms with E-state index in [9.17, 15) is 9.90 Å². The van der Waals surface area contributed by atoms with Gasteiger partial charge in [0.25, 0.3) is 0 Å². The molecule has 0 radical (unpaired) electrons. The van der Waals surface area contributed by atoms with E-state index in [0.29, 0.717) is 0 Å². The largest absolute Gasteiger partial charge is 0.476 e. The molecule has 1 fully saturated rings. The van der Waals surface area contributed by atoms with Gasteiger partial charge in [-0.1, -0.05) is 30.4 Å². The molecule has 1 N–H and O–H groups in total. The Bertz CT molecular complexity index is 863. The standard InChI is InChI=1S/C20H21N3O3/c24-20(25)18-19(15-5-2-1-3-6-15)23(14-21-18)17-8-4-7-16(13-17)22-9-11-26-12-10-22/h1-5,7-8,13-15H,6,9-12H2,(H,24,25). The number of carboxylic acids is 1. The molecule has 1 atom stereocenters. The number of carbonyl (C=O) groups is 1. The van der Waals surface area contributed by atoms with Crippen molar-refractivity contribution in [3.05, 3.63) is 66.3 Å². The van der Waals surface area contributed by atoms with Crippen LogP contribution in [0.25, 0.3) is 5.69 Å². The second kappa shape index (κ2) is 7.17. The molecule has 6 nitrogen and oxygen atoms in total. The molecule has 6 heteroatoms. The highest BCUT2D eigenvalue weighted by atomic mass is 16.5. The second-order valence-corrected chi connectivity index (χ2v) is 6.43. The zero-order valence-electron chi connectivity index (χ0n) is 14.4. The fraction of sp³-hybridized carbons (Fsp3) is 0.300. The van der Waals surface area contributed by atoms with Gasteiger partial charge in [0.15, 0.2) is 5.69 Å². The molecule has 1 aliphatic heterocycles. The molecule has 0 saturated carbocycles. The molecule has 134 valence electrons. The summed E-state index contributed by atoms with van der Waals surface area (Å²) in [5.74, 6) is -0.994. The molecule has 2 aromatic rings. The second-order valence-electron chi connectivity index (χ2n) is 6.43. The van der Waals surface area contributed by atoms with Gasteiger partial charge in [0, 0.05) is 30.4 Å². The van der Waals surface area contributed by atoms with Crippen LogP contribution < -0.4 is 4.90 Å². The average molecular weight is 351 g/mol. The molecule has 0 bridgehead atoms. The molecule has 1 aromatic heterocycles. The fourth-order valence-electron chi connectivity index (χ4n) is 3.53. The van der Waals surface area contributed by atoms with Gasteiger partial charge in [0.1, 0.15) is 6.33 Å². The average Bonchev–Trinajstić information content (AvgIpc) is 3.15. The number of benzene rings is 1. The number of hydrogen-bond acceptors (Lipinski definition) is 4. The third kappa shape index (κ3) is 3.15. The van der Waals surface area contributed by atoms with Crippen LogP contribution in [0.5, 0.6) is 0 Å². The highest BCUT2D eigenvalue weighted by Crippen LogP contribution is 2.30. The van der Waals surface area contributed by atoms with Crippen LogP contribution in [0.1, 0.15) is 28.5 Å². The number of anilines is 1. The van der Waals surface area contributed by atoms with E-state index in [0.717, 1.165) is 49.8 Å². The van der Waals surface area contributed by atoms with E-state index in [1.807, 2.05) is 34.9 Å². The Morgan fingerprint density at radius 1 is 1.19 bits per heavy atom. The first-order valence-electron chi connectivity index (χ1n) is 8.81. The number of ether oxygens (including phenoxy) is 1. The number of allylic oxidation sites excluding steroid dienone is 4. The summed E-state index contributed by atoms with van der Waals surface area (Å²) in [6.07, 6.45) is 10.4. The van der Waals surface area contributed by atoms with Crippen LogP contribution in [-0.4, -0.2) is 46.9 Å².